The number of pyridine rings is 2. The van der Waals surface area contributed by atoms with Crippen LogP contribution >= 0.6 is 0 Å². The molecular weight excluding hydrogens is 220 g/mol. The standard InChI is InChI=1S/C12H8N2O3/c1-2-6-14-7-9(12(16)17)10(15)8-4-3-5-13-11(8)14/h1,3-5,7H,6H2,(H,16,17). The molecular formula is C12H8N2O3. The van der Waals surface area contributed by atoms with E-state index in [4.69, 9.17) is 11.5 Å². The van der Waals surface area contributed by atoms with Gasteiger partial charge in [-0.1, -0.05) is 5.92 Å². The van der Waals surface area contributed by atoms with Gasteiger partial charge in [0.1, 0.15) is 11.2 Å². The largest absolute Gasteiger partial charge is 0.477 e. The molecule has 0 saturated carbocycles. The number of aromatic carboxylic acids is 1. The van der Waals surface area contributed by atoms with Gasteiger partial charge < -0.3 is 9.67 Å². The molecule has 5 nitrogen and oxygen atoms in total. The van der Waals surface area contributed by atoms with Crippen LogP contribution in [0.25, 0.3) is 11.0 Å². The summed E-state index contributed by atoms with van der Waals surface area (Å²) >= 11 is 0. The maximum atomic E-state index is 11.8. The molecule has 2 rings (SSSR count). The van der Waals surface area contributed by atoms with Gasteiger partial charge in [0.15, 0.2) is 0 Å². The van der Waals surface area contributed by atoms with Crippen molar-refractivity contribution < 1.29 is 9.90 Å². The van der Waals surface area contributed by atoms with Crippen LogP contribution in [-0.2, 0) is 6.54 Å². The van der Waals surface area contributed by atoms with Gasteiger partial charge in [0.05, 0.1) is 11.9 Å². The fourth-order valence-corrected chi connectivity index (χ4v) is 1.59. The fraction of sp³-hybridized carbons (Fsp3) is 0.0833. The lowest BCUT2D eigenvalue weighted by Crippen LogP contribution is -2.19. The lowest BCUT2D eigenvalue weighted by molar-refractivity contribution is 0.0695. The Kier molecular flexibility index (Phi) is 2.63. The first-order chi connectivity index (χ1) is 8.15. The third kappa shape index (κ3) is 1.76. The van der Waals surface area contributed by atoms with Crippen molar-refractivity contribution in [3.8, 4) is 12.3 Å². The van der Waals surface area contributed by atoms with Crippen LogP contribution in [0.4, 0.5) is 0 Å². The van der Waals surface area contributed by atoms with Crippen LogP contribution in [0.2, 0.25) is 0 Å². The van der Waals surface area contributed by atoms with Crippen LogP contribution in [0.3, 0.4) is 0 Å². The summed E-state index contributed by atoms with van der Waals surface area (Å²) in [7, 11) is 0. The van der Waals surface area contributed by atoms with Gasteiger partial charge in [0, 0.05) is 12.4 Å². The van der Waals surface area contributed by atoms with Crippen molar-refractivity contribution in [2.45, 2.75) is 6.54 Å². The number of carbonyl (C=O) groups is 1. The van der Waals surface area contributed by atoms with Gasteiger partial charge in [-0.2, -0.15) is 0 Å². The zero-order valence-electron chi connectivity index (χ0n) is 8.75. The lowest BCUT2D eigenvalue weighted by Gasteiger charge is -2.07. The molecule has 0 atom stereocenters. The van der Waals surface area contributed by atoms with Crippen LogP contribution < -0.4 is 5.43 Å². The van der Waals surface area contributed by atoms with Gasteiger partial charge in [-0.05, 0) is 12.1 Å². The number of hydrogen-bond acceptors (Lipinski definition) is 3. The highest BCUT2D eigenvalue weighted by atomic mass is 16.4. The molecule has 17 heavy (non-hydrogen) atoms. The van der Waals surface area contributed by atoms with Gasteiger partial charge in [-0.25, -0.2) is 9.78 Å². The maximum absolute atomic E-state index is 11.8. The second kappa shape index (κ2) is 4.10. The third-order valence-electron chi connectivity index (χ3n) is 2.32. The molecule has 0 bridgehead atoms. The van der Waals surface area contributed by atoms with Crippen LogP contribution in [0.5, 0.6) is 0 Å². The number of terminal acetylenes is 1. The molecule has 0 fully saturated rings. The summed E-state index contributed by atoms with van der Waals surface area (Å²) in [5.74, 6) is 1.12. The molecule has 0 amide bonds. The minimum Gasteiger partial charge on any atom is -0.477 e. The number of rotatable bonds is 2. The Hall–Kier alpha value is -2.61. The number of nitrogens with zero attached hydrogens (tertiary/aromatic N) is 2. The molecule has 84 valence electrons. The summed E-state index contributed by atoms with van der Waals surface area (Å²) in [5, 5.41) is 9.18. The van der Waals surface area contributed by atoms with E-state index in [0.29, 0.717) is 5.65 Å². The molecule has 2 aromatic rings. The Bertz CT molecular complexity index is 695. The first-order valence-corrected chi connectivity index (χ1v) is 4.80. The minimum atomic E-state index is -1.27. The first-order valence-electron chi connectivity index (χ1n) is 4.80. The van der Waals surface area contributed by atoms with E-state index < -0.39 is 11.4 Å². The Labute approximate surface area is 96.3 Å². The van der Waals surface area contributed by atoms with Crippen LogP contribution in [-0.4, -0.2) is 20.6 Å². The van der Waals surface area contributed by atoms with Crippen molar-refractivity contribution in [3.63, 3.8) is 0 Å². The highest BCUT2D eigenvalue weighted by Crippen LogP contribution is 2.08. The van der Waals surface area contributed by atoms with Crippen molar-refractivity contribution in [2.75, 3.05) is 0 Å². The SMILES string of the molecule is C#CCn1cc(C(=O)O)c(=O)c2cccnc21. The average Bonchev–Trinajstić information content (AvgIpc) is 2.33. The van der Waals surface area contributed by atoms with E-state index in [1.165, 1.54) is 23.0 Å². The monoisotopic (exact) mass is 228 g/mol. The van der Waals surface area contributed by atoms with E-state index in [1.807, 2.05) is 0 Å². The van der Waals surface area contributed by atoms with E-state index in [0.717, 1.165) is 0 Å². The van der Waals surface area contributed by atoms with E-state index in [9.17, 15) is 9.59 Å². The minimum absolute atomic E-state index is 0.161. The zero-order chi connectivity index (χ0) is 12.4. The fourth-order valence-electron chi connectivity index (χ4n) is 1.59. The molecule has 0 saturated heterocycles. The Morgan fingerprint density at radius 1 is 1.59 bits per heavy atom. The molecule has 0 aliphatic carbocycles. The third-order valence-corrected chi connectivity index (χ3v) is 2.32. The Morgan fingerprint density at radius 2 is 2.35 bits per heavy atom. The molecule has 0 spiro atoms. The molecule has 0 aliphatic heterocycles. The number of fused-ring (bicyclic) bond motifs is 1. The van der Waals surface area contributed by atoms with Crippen LogP contribution in [0, 0.1) is 12.3 Å². The number of carboxylic acids is 1. The van der Waals surface area contributed by atoms with Crippen molar-refractivity contribution in [2.24, 2.45) is 0 Å². The predicted octanol–water partition coefficient (Wildman–Crippen LogP) is 0.728. The van der Waals surface area contributed by atoms with Gasteiger partial charge in [0.25, 0.3) is 0 Å². The summed E-state index contributed by atoms with van der Waals surface area (Å²) in [6, 6.07) is 3.11. The number of aromatic nitrogens is 2. The van der Waals surface area contributed by atoms with Gasteiger partial charge in [0.2, 0.25) is 5.43 Å². The highest BCUT2D eigenvalue weighted by molar-refractivity contribution is 5.91. The topological polar surface area (TPSA) is 72.2 Å². The summed E-state index contributed by atoms with van der Waals surface area (Å²) < 4.78 is 1.47. The van der Waals surface area contributed by atoms with Crippen LogP contribution in [0.1, 0.15) is 10.4 Å². The van der Waals surface area contributed by atoms with Crippen molar-refractivity contribution >= 4 is 17.0 Å². The molecule has 2 aromatic heterocycles. The van der Waals surface area contributed by atoms with E-state index in [2.05, 4.69) is 10.9 Å². The van der Waals surface area contributed by atoms with Gasteiger partial charge >= 0.3 is 5.97 Å². The number of hydrogen-bond donors (Lipinski definition) is 1. The Balaban J connectivity index is 2.91. The molecule has 5 heteroatoms. The number of carboxylic acid groups (broad SMARTS) is 1. The van der Waals surface area contributed by atoms with E-state index in [1.54, 1.807) is 6.07 Å². The first kappa shape index (κ1) is 10.9. The summed E-state index contributed by atoms with van der Waals surface area (Å²) in [4.78, 5) is 26.8. The predicted molar refractivity (Wildman–Crippen MR) is 61.8 cm³/mol. The smallest absolute Gasteiger partial charge is 0.341 e. The maximum Gasteiger partial charge on any atom is 0.341 e. The molecule has 0 unspecified atom stereocenters. The zero-order valence-corrected chi connectivity index (χ0v) is 8.75. The van der Waals surface area contributed by atoms with E-state index in [-0.39, 0.29) is 17.5 Å². The highest BCUT2D eigenvalue weighted by Gasteiger charge is 2.14. The second-order valence-corrected chi connectivity index (χ2v) is 3.38. The average molecular weight is 228 g/mol. The van der Waals surface area contributed by atoms with Gasteiger partial charge in [-0.15, -0.1) is 6.42 Å². The van der Waals surface area contributed by atoms with E-state index >= 15 is 0 Å². The van der Waals surface area contributed by atoms with Gasteiger partial charge in [-0.3, -0.25) is 4.79 Å². The molecule has 0 aliphatic rings. The molecule has 0 aromatic carbocycles. The quantitative estimate of drug-likeness (QED) is 0.769. The second-order valence-electron chi connectivity index (χ2n) is 3.38. The Morgan fingerprint density at radius 3 is 3.00 bits per heavy atom. The molecule has 1 N–H and O–H groups in total. The normalized spacial score (nSPS) is 10.1. The summed E-state index contributed by atoms with van der Waals surface area (Å²) in [5.41, 5.74) is -0.463. The summed E-state index contributed by atoms with van der Waals surface area (Å²) in [6.45, 7) is 0.161. The molecule has 2 heterocycles. The van der Waals surface area contributed by atoms with Crippen molar-refractivity contribution in [1.29, 1.82) is 0 Å². The van der Waals surface area contributed by atoms with Crippen LogP contribution in [0.15, 0.2) is 29.3 Å². The van der Waals surface area contributed by atoms with Crippen molar-refractivity contribution in [3.05, 3.63) is 40.3 Å². The summed E-state index contributed by atoms with van der Waals surface area (Å²) in [6.07, 6.45) is 7.94. The lowest BCUT2D eigenvalue weighted by atomic mass is 10.2. The van der Waals surface area contributed by atoms with Crippen molar-refractivity contribution in [1.82, 2.24) is 9.55 Å². The molecule has 0 radical (unpaired) electrons.